The number of carbonyl (C=O) groups is 2. The molecule has 1 heterocycles. The Morgan fingerprint density at radius 1 is 1.62 bits per heavy atom. The van der Waals surface area contributed by atoms with Gasteiger partial charge in [0, 0.05) is 13.2 Å². The molecule has 1 fully saturated rings. The second-order valence-electron chi connectivity index (χ2n) is 2.84. The highest BCUT2D eigenvalue weighted by Crippen LogP contribution is 2.10. The van der Waals surface area contributed by atoms with E-state index < -0.39 is 11.9 Å². The van der Waals surface area contributed by atoms with Crippen molar-refractivity contribution >= 4 is 11.9 Å². The van der Waals surface area contributed by atoms with Crippen LogP contribution in [-0.2, 0) is 19.1 Å². The molecule has 13 heavy (non-hydrogen) atoms. The van der Waals surface area contributed by atoms with Crippen LogP contribution in [0.5, 0.6) is 0 Å². The molecule has 74 valence electrons. The largest absolute Gasteiger partial charge is 0.462 e. The summed E-state index contributed by atoms with van der Waals surface area (Å²) in [4.78, 5) is 21.5. The molecule has 1 amide bonds. The maximum atomic E-state index is 10.9. The van der Waals surface area contributed by atoms with Crippen LogP contribution in [0.2, 0.25) is 0 Å². The Morgan fingerprint density at radius 3 is 2.92 bits per heavy atom. The highest BCUT2D eigenvalue weighted by Gasteiger charge is 2.19. The number of amides is 1. The molecule has 1 N–H and O–H groups in total. The van der Waals surface area contributed by atoms with Gasteiger partial charge >= 0.3 is 11.9 Å². The summed E-state index contributed by atoms with van der Waals surface area (Å²) in [6, 6.07) is 0. The average molecular weight is 187 g/mol. The van der Waals surface area contributed by atoms with E-state index in [1.807, 2.05) is 0 Å². The van der Waals surface area contributed by atoms with Crippen molar-refractivity contribution in [3.63, 3.8) is 0 Å². The number of esters is 1. The minimum atomic E-state index is -0.863. The van der Waals surface area contributed by atoms with Gasteiger partial charge in [-0.1, -0.05) is 0 Å². The van der Waals surface area contributed by atoms with Gasteiger partial charge in [0.2, 0.25) is 0 Å². The third-order valence-electron chi connectivity index (χ3n) is 1.89. The molecule has 5 nitrogen and oxygen atoms in total. The zero-order chi connectivity index (χ0) is 9.68. The lowest BCUT2D eigenvalue weighted by molar-refractivity contribution is -0.152. The van der Waals surface area contributed by atoms with E-state index in [4.69, 9.17) is 4.74 Å². The van der Waals surface area contributed by atoms with Crippen molar-refractivity contribution in [2.24, 2.45) is 0 Å². The molecule has 0 aromatic carbocycles. The van der Waals surface area contributed by atoms with E-state index in [0.717, 1.165) is 19.4 Å². The van der Waals surface area contributed by atoms with Crippen molar-refractivity contribution in [3.05, 3.63) is 0 Å². The van der Waals surface area contributed by atoms with Gasteiger partial charge in [-0.25, -0.2) is 4.79 Å². The molecular weight excluding hydrogens is 174 g/mol. The quantitative estimate of drug-likeness (QED) is 0.465. The van der Waals surface area contributed by atoms with Crippen molar-refractivity contribution in [1.82, 2.24) is 5.32 Å². The zero-order valence-electron chi connectivity index (χ0n) is 7.54. The van der Waals surface area contributed by atoms with Crippen molar-refractivity contribution in [3.8, 4) is 0 Å². The fraction of sp³-hybridized carbons (Fsp3) is 0.750. The van der Waals surface area contributed by atoms with Crippen LogP contribution in [0, 0.1) is 0 Å². The van der Waals surface area contributed by atoms with Crippen molar-refractivity contribution in [1.29, 1.82) is 0 Å². The Labute approximate surface area is 76.4 Å². The lowest BCUT2D eigenvalue weighted by Gasteiger charge is -2.09. The van der Waals surface area contributed by atoms with E-state index in [9.17, 15) is 9.59 Å². The van der Waals surface area contributed by atoms with E-state index in [-0.39, 0.29) is 6.10 Å². The van der Waals surface area contributed by atoms with Gasteiger partial charge in [-0.2, -0.15) is 0 Å². The number of ether oxygens (including phenoxy) is 2. The molecule has 0 aromatic heterocycles. The molecule has 0 aromatic rings. The van der Waals surface area contributed by atoms with Crippen LogP contribution < -0.4 is 5.32 Å². The Hall–Kier alpha value is -1.10. The predicted octanol–water partition coefficient (Wildman–Crippen LogP) is -0.545. The van der Waals surface area contributed by atoms with Gasteiger partial charge in [-0.15, -0.1) is 0 Å². The zero-order valence-corrected chi connectivity index (χ0v) is 7.54. The molecule has 1 aliphatic heterocycles. The number of nitrogens with one attached hydrogen (secondary N) is 1. The van der Waals surface area contributed by atoms with Gasteiger partial charge in [0.15, 0.2) is 0 Å². The van der Waals surface area contributed by atoms with Gasteiger partial charge in [-0.3, -0.25) is 4.79 Å². The van der Waals surface area contributed by atoms with Crippen LogP contribution in [0.4, 0.5) is 0 Å². The summed E-state index contributed by atoms with van der Waals surface area (Å²) in [7, 11) is 1.17. The monoisotopic (exact) mass is 187 g/mol. The van der Waals surface area contributed by atoms with E-state index in [1.165, 1.54) is 7.11 Å². The maximum Gasteiger partial charge on any atom is 0.396 e. The van der Waals surface area contributed by atoms with E-state index in [0.29, 0.717) is 6.54 Å². The maximum absolute atomic E-state index is 10.9. The Balaban J connectivity index is 2.17. The highest BCUT2D eigenvalue weighted by atomic mass is 16.5. The Bertz CT molecular complexity index is 198. The minimum absolute atomic E-state index is 0.0496. The first-order chi connectivity index (χ1) is 6.24. The summed E-state index contributed by atoms with van der Waals surface area (Å²) in [6.07, 6.45) is 1.99. The standard InChI is InChI=1S/C8H13NO4/c1-12-8(11)7(10)9-5-6-3-2-4-13-6/h6H,2-5H2,1H3,(H,9,10). The first-order valence-electron chi connectivity index (χ1n) is 4.22. The van der Waals surface area contributed by atoms with Crippen LogP contribution in [0.25, 0.3) is 0 Å². The molecule has 0 bridgehead atoms. The number of methoxy groups -OCH3 is 1. The molecule has 5 heteroatoms. The molecule has 1 saturated heterocycles. The summed E-state index contributed by atoms with van der Waals surface area (Å²) in [5.41, 5.74) is 0. The summed E-state index contributed by atoms with van der Waals surface area (Å²) >= 11 is 0. The molecule has 1 atom stereocenters. The van der Waals surface area contributed by atoms with Gasteiger partial charge < -0.3 is 14.8 Å². The summed E-state index contributed by atoms with van der Waals surface area (Å²) < 4.78 is 9.49. The summed E-state index contributed by atoms with van der Waals surface area (Å²) in [6.45, 7) is 1.12. The fourth-order valence-corrected chi connectivity index (χ4v) is 1.18. The van der Waals surface area contributed by atoms with E-state index >= 15 is 0 Å². The number of hydrogen-bond acceptors (Lipinski definition) is 4. The molecular formula is C8H13NO4. The molecule has 1 aliphatic rings. The fourth-order valence-electron chi connectivity index (χ4n) is 1.18. The van der Waals surface area contributed by atoms with E-state index in [2.05, 4.69) is 10.1 Å². The average Bonchev–Trinajstić information content (AvgIpc) is 2.65. The number of carbonyl (C=O) groups excluding carboxylic acids is 2. The molecule has 1 rings (SSSR count). The van der Waals surface area contributed by atoms with Crippen LogP contribution in [0.3, 0.4) is 0 Å². The highest BCUT2D eigenvalue weighted by molar-refractivity contribution is 6.32. The Kier molecular flexibility index (Phi) is 3.70. The normalized spacial score (nSPS) is 21.2. The number of rotatable bonds is 2. The lowest BCUT2D eigenvalue weighted by atomic mass is 10.2. The van der Waals surface area contributed by atoms with Gasteiger partial charge in [0.25, 0.3) is 0 Å². The smallest absolute Gasteiger partial charge is 0.396 e. The van der Waals surface area contributed by atoms with Crippen LogP contribution in [-0.4, -0.2) is 38.2 Å². The van der Waals surface area contributed by atoms with Crippen molar-refractivity contribution < 1.29 is 19.1 Å². The second kappa shape index (κ2) is 4.81. The SMILES string of the molecule is COC(=O)C(=O)NCC1CCCO1. The molecule has 1 unspecified atom stereocenters. The first-order valence-corrected chi connectivity index (χ1v) is 4.22. The molecule has 0 spiro atoms. The first kappa shape index (κ1) is 9.98. The number of hydrogen-bond donors (Lipinski definition) is 1. The minimum Gasteiger partial charge on any atom is -0.462 e. The van der Waals surface area contributed by atoms with Gasteiger partial charge in [-0.05, 0) is 12.8 Å². The van der Waals surface area contributed by atoms with E-state index in [1.54, 1.807) is 0 Å². The Morgan fingerprint density at radius 2 is 2.38 bits per heavy atom. The van der Waals surface area contributed by atoms with Gasteiger partial charge in [0.05, 0.1) is 13.2 Å². The topological polar surface area (TPSA) is 64.6 Å². The predicted molar refractivity (Wildman–Crippen MR) is 44.0 cm³/mol. The third kappa shape index (κ3) is 3.02. The molecule has 0 saturated carbocycles. The summed E-state index contributed by atoms with van der Waals surface area (Å²) in [5, 5.41) is 2.44. The molecule has 0 aliphatic carbocycles. The molecule has 0 radical (unpaired) electrons. The van der Waals surface area contributed by atoms with Gasteiger partial charge in [0.1, 0.15) is 0 Å². The van der Waals surface area contributed by atoms with Crippen molar-refractivity contribution in [2.75, 3.05) is 20.3 Å². The second-order valence-corrected chi connectivity index (χ2v) is 2.84. The van der Waals surface area contributed by atoms with Crippen LogP contribution in [0.1, 0.15) is 12.8 Å². The van der Waals surface area contributed by atoms with Crippen molar-refractivity contribution in [2.45, 2.75) is 18.9 Å². The van der Waals surface area contributed by atoms with Crippen LogP contribution >= 0.6 is 0 Å². The van der Waals surface area contributed by atoms with Crippen LogP contribution in [0.15, 0.2) is 0 Å². The third-order valence-corrected chi connectivity index (χ3v) is 1.89. The summed E-state index contributed by atoms with van der Waals surface area (Å²) in [5.74, 6) is -1.57. The lowest BCUT2D eigenvalue weighted by Crippen LogP contribution is -2.37.